The van der Waals surface area contributed by atoms with Crippen LogP contribution in [0.1, 0.15) is 361 Å². The summed E-state index contributed by atoms with van der Waals surface area (Å²) >= 11 is 0. The van der Waals surface area contributed by atoms with Gasteiger partial charge in [-0.1, -0.05) is 340 Å². The average Bonchev–Trinajstić information content (AvgIpc) is 3.69. The number of rotatable bonds is 64. The molecule has 9 unspecified atom stereocenters. The highest BCUT2D eigenvalue weighted by atomic mass is 16.7. The molecule has 9 atom stereocenters. The standard InChI is InChI=1S/C72H139NO10/c1-3-5-7-9-11-13-15-17-19-21-23-24-25-26-27-28-29-30-31-32-33-34-35-36-37-38-39-40-41-42-44-46-48-50-52-54-56-58-60-65(76)71(81)73-63(62-82-72-70(80)69(79)68(78)66(61-74)83-72)67(77)64(75)59-57-55-53-51-49-47-45-43-22-20-18-16-14-12-10-8-6-4-2/h29-30,32-33,63-70,72,74-80H,3-28,31,34-62H2,1-2H3,(H,73,81)/b30-29-,33-32-. The Morgan fingerprint density at radius 2 is 0.735 bits per heavy atom. The number of amides is 1. The van der Waals surface area contributed by atoms with E-state index in [1.54, 1.807) is 0 Å². The molecule has 11 nitrogen and oxygen atoms in total. The largest absolute Gasteiger partial charge is 0.394 e. The minimum Gasteiger partial charge on any atom is -0.394 e. The van der Waals surface area contributed by atoms with Crippen LogP contribution in [0.25, 0.3) is 0 Å². The zero-order chi connectivity index (χ0) is 60.3. The van der Waals surface area contributed by atoms with Gasteiger partial charge in [-0.25, -0.2) is 0 Å². The van der Waals surface area contributed by atoms with Gasteiger partial charge in [-0.15, -0.1) is 0 Å². The maximum atomic E-state index is 13.2. The summed E-state index contributed by atoms with van der Waals surface area (Å²) in [6, 6.07) is -1.17. The van der Waals surface area contributed by atoms with E-state index in [0.29, 0.717) is 19.3 Å². The molecule has 0 bridgehead atoms. The lowest BCUT2D eigenvalue weighted by Gasteiger charge is -2.40. The molecule has 1 aliphatic rings. The monoisotopic (exact) mass is 1180 g/mol. The van der Waals surface area contributed by atoms with Crippen LogP contribution >= 0.6 is 0 Å². The second-order valence-corrected chi connectivity index (χ2v) is 25.7. The van der Waals surface area contributed by atoms with Crippen LogP contribution in [0.15, 0.2) is 24.3 Å². The van der Waals surface area contributed by atoms with Crippen LogP contribution in [-0.4, -0.2) is 110 Å². The highest BCUT2D eigenvalue weighted by Crippen LogP contribution is 2.24. The van der Waals surface area contributed by atoms with Crippen LogP contribution in [0, 0.1) is 0 Å². The highest BCUT2D eigenvalue weighted by Gasteiger charge is 2.44. The molecule has 1 fully saturated rings. The lowest BCUT2D eigenvalue weighted by atomic mass is 9.98. The fourth-order valence-electron chi connectivity index (χ4n) is 11.9. The van der Waals surface area contributed by atoms with Gasteiger partial charge in [0.05, 0.1) is 25.4 Å². The number of aliphatic hydroxyl groups excluding tert-OH is 7. The Morgan fingerprint density at radius 3 is 1.07 bits per heavy atom. The summed E-state index contributed by atoms with van der Waals surface area (Å²) in [7, 11) is 0. The fourth-order valence-corrected chi connectivity index (χ4v) is 11.9. The van der Waals surface area contributed by atoms with Gasteiger partial charge in [-0.2, -0.15) is 0 Å². The quantitative estimate of drug-likeness (QED) is 0.0215. The van der Waals surface area contributed by atoms with Crippen LogP contribution in [0.2, 0.25) is 0 Å². The van der Waals surface area contributed by atoms with E-state index in [4.69, 9.17) is 9.47 Å². The Hall–Kier alpha value is -1.41. The molecule has 11 heteroatoms. The topological polar surface area (TPSA) is 189 Å². The SMILES string of the molecule is CCCCCCCCCCCCCCCCC/C=C\C/C=C\CCCCCCCCCCCCCCCCCCC(O)C(=O)NC(COC1OC(CO)C(O)C(O)C1O)C(O)C(O)CCCCCCCCCCCCCCCCCCCC. The Kier molecular flexibility index (Phi) is 58.4. The first-order valence-electron chi connectivity index (χ1n) is 36.2. The molecule has 0 spiro atoms. The summed E-state index contributed by atoms with van der Waals surface area (Å²) in [5.41, 5.74) is 0. The highest BCUT2D eigenvalue weighted by molar-refractivity contribution is 5.80. The van der Waals surface area contributed by atoms with Crippen molar-refractivity contribution in [3.05, 3.63) is 24.3 Å². The zero-order valence-corrected chi connectivity index (χ0v) is 54.5. The molecule has 1 rings (SSSR count). The number of carbonyl (C=O) groups is 1. The molecular formula is C72H139NO10. The fraction of sp³-hybridized carbons (Fsp3) is 0.931. The predicted molar refractivity (Wildman–Crippen MR) is 349 cm³/mol. The number of aliphatic hydroxyl groups is 7. The maximum Gasteiger partial charge on any atom is 0.249 e. The van der Waals surface area contributed by atoms with E-state index in [1.165, 1.54) is 276 Å². The maximum absolute atomic E-state index is 13.2. The van der Waals surface area contributed by atoms with Gasteiger partial charge in [0, 0.05) is 0 Å². The third-order valence-electron chi connectivity index (χ3n) is 17.8. The molecule has 0 saturated carbocycles. The van der Waals surface area contributed by atoms with Crippen LogP contribution in [0.3, 0.4) is 0 Å². The van der Waals surface area contributed by atoms with Crippen molar-refractivity contribution in [2.45, 2.75) is 416 Å². The molecule has 1 amide bonds. The Labute approximate surface area is 512 Å². The summed E-state index contributed by atoms with van der Waals surface area (Å²) in [4.78, 5) is 13.2. The van der Waals surface area contributed by atoms with E-state index in [1.807, 2.05) is 0 Å². The van der Waals surface area contributed by atoms with E-state index in [2.05, 4.69) is 43.5 Å². The lowest BCUT2D eigenvalue weighted by molar-refractivity contribution is -0.303. The number of ether oxygens (including phenoxy) is 2. The molecule has 1 aliphatic heterocycles. The molecule has 492 valence electrons. The second-order valence-electron chi connectivity index (χ2n) is 25.7. The third-order valence-corrected chi connectivity index (χ3v) is 17.8. The molecule has 0 aliphatic carbocycles. The number of nitrogens with one attached hydrogen (secondary N) is 1. The van der Waals surface area contributed by atoms with Crippen LogP contribution < -0.4 is 5.32 Å². The van der Waals surface area contributed by atoms with Crippen LogP contribution in [0.4, 0.5) is 0 Å². The number of allylic oxidation sites excluding steroid dienone is 4. The summed E-state index contributed by atoms with van der Waals surface area (Å²) < 4.78 is 11.2. The van der Waals surface area contributed by atoms with E-state index in [9.17, 15) is 40.5 Å². The first-order chi connectivity index (χ1) is 40.7. The molecule has 0 radical (unpaired) electrons. The van der Waals surface area contributed by atoms with Gasteiger partial charge in [-0.05, 0) is 44.9 Å². The minimum absolute atomic E-state index is 0.263. The zero-order valence-electron chi connectivity index (χ0n) is 54.5. The van der Waals surface area contributed by atoms with Gasteiger partial charge in [0.15, 0.2) is 6.29 Å². The molecule has 1 heterocycles. The van der Waals surface area contributed by atoms with Crippen LogP contribution in [-0.2, 0) is 14.3 Å². The summed E-state index contributed by atoms with van der Waals surface area (Å²) in [5, 5.41) is 76.5. The number of unbranched alkanes of at least 4 members (excludes halogenated alkanes) is 48. The minimum atomic E-state index is -1.66. The number of hydrogen-bond acceptors (Lipinski definition) is 10. The van der Waals surface area contributed by atoms with Gasteiger partial charge < -0.3 is 50.5 Å². The lowest BCUT2D eigenvalue weighted by Crippen LogP contribution is -2.60. The van der Waals surface area contributed by atoms with Crippen LogP contribution in [0.5, 0.6) is 0 Å². The first kappa shape index (κ1) is 79.6. The molecular weight excluding hydrogens is 1040 g/mol. The first-order valence-corrected chi connectivity index (χ1v) is 36.2. The van der Waals surface area contributed by atoms with Gasteiger partial charge in [0.1, 0.15) is 36.6 Å². The van der Waals surface area contributed by atoms with Gasteiger partial charge in [-0.3, -0.25) is 4.79 Å². The van der Waals surface area contributed by atoms with Crippen molar-refractivity contribution in [1.82, 2.24) is 5.32 Å². The van der Waals surface area contributed by atoms with Crippen molar-refractivity contribution in [1.29, 1.82) is 0 Å². The van der Waals surface area contributed by atoms with Crippen molar-refractivity contribution in [2.75, 3.05) is 13.2 Å². The van der Waals surface area contributed by atoms with E-state index < -0.39 is 74.2 Å². The Bertz CT molecular complexity index is 1400. The average molecular weight is 1180 g/mol. The van der Waals surface area contributed by atoms with Gasteiger partial charge in [0.25, 0.3) is 0 Å². The smallest absolute Gasteiger partial charge is 0.249 e. The number of carbonyl (C=O) groups excluding carboxylic acids is 1. The predicted octanol–water partition coefficient (Wildman–Crippen LogP) is 17.6. The van der Waals surface area contributed by atoms with E-state index in [0.717, 1.165) is 44.9 Å². The molecule has 0 aromatic rings. The summed E-state index contributed by atoms with van der Waals surface area (Å²) in [6.07, 6.45) is 65.6. The van der Waals surface area contributed by atoms with Crippen molar-refractivity contribution in [2.24, 2.45) is 0 Å². The summed E-state index contributed by atoms with van der Waals surface area (Å²) in [5.74, 6) is -0.691. The van der Waals surface area contributed by atoms with Crippen molar-refractivity contribution >= 4 is 5.91 Å². The number of hydrogen-bond donors (Lipinski definition) is 8. The Morgan fingerprint density at radius 1 is 0.422 bits per heavy atom. The third kappa shape index (κ3) is 48.2. The summed E-state index contributed by atoms with van der Waals surface area (Å²) in [6.45, 7) is 3.51. The Balaban J connectivity index is 2.12. The molecule has 0 aromatic heterocycles. The molecule has 8 N–H and O–H groups in total. The molecule has 0 aromatic carbocycles. The van der Waals surface area contributed by atoms with E-state index in [-0.39, 0.29) is 6.42 Å². The molecule has 1 saturated heterocycles. The van der Waals surface area contributed by atoms with Crippen molar-refractivity contribution < 1.29 is 50.0 Å². The van der Waals surface area contributed by atoms with Gasteiger partial charge >= 0.3 is 0 Å². The van der Waals surface area contributed by atoms with E-state index >= 15 is 0 Å². The second kappa shape index (κ2) is 60.9. The molecule has 83 heavy (non-hydrogen) atoms. The van der Waals surface area contributed by atoms with Crippen molar-refractivity contribution in [3.63, 3.8) is 0 Å². The van der Waals surface area contributed by atoms with Crippen molar-refractivity contribution in [3.8, 4) is 0 Å². The van der Waals surface area contributed by atoms with Gasteiger partial charge in [0.2, 0.25) is 5.91 Å². The normalized spacial score (nSPS) is 19.1.